The van der Waals surface area contributed by atoms with Crippen molar-refractivity contribution in [1.82, 2.24) is 14.8 Å². The SMILES string of the molecule is N=C(N)Nc1ccc(S(=O)(=O)NCCNC(=O)C(CO)NS(=O)(=O)Cc2ccccc2)cc1. The summed E-state index contributed by atoms with van der Waals surface area (Å²) in [5.74, 6) is -1.45. The van der Waals surface area contributed by atoms with Crippen LogP contribution in [0.4, 0.5) is 5.69 Å². The molecule has 0 aliphatic heterocycles. The van der Waals surface area contributed by atoms with Gasteiger partial charge in [0.2, 0.25) is 26.0 Å². The highest BCUT2D eigenvalue weighted by Gasteiger charge is 2.24. The largest absolute Gasteiger partial charge is 0.394 e. The van der Waals surface area contributed by atoms with Gasteiger partial charge in [-0.15, -0.1) is 0 Å². The van der Waals surface area contributed by atoms with Crippen molar-refractivity contribution in [2.45, 2.75) is 16.7 Å². The van der Waals surface area contributed by atoms with Crippen LogP contribution in [0.3, 0.4) is 0 Å². The fourth-order valence-corrected chi connectivity index (χ4v) is 5.04. The Kier molecular flexibility index (Phi) is 9.31. The quantitative estimate of drug-likeness (QED) is 0.108. The minimum absolute atomic E-state index is 0.0372. The first-order valence-corrected chi connectivity index (χ1v) is 12.8. The number of aliphatic hydroxyl groups excluding tert-OH is 1. The lowest BCUT2D eigenvalue weighted by molar-refractivity contribution is -0.123. The molecule has 12 nitrogen and oxygen atoms in total. The summed E-state index contributed by atoms with van der Waals surface area (Å²) in [4.78, 5) is 12.2. The van der Waals surface area contributed by atoms with Gasteiger partial charge in [0.1, 0.15) is 6.04 Å². The number of carbonyl (C=O) groups excluding carboxylic acids is 1. The molecule has 0 saturated carbocycles. The van der Waals surface area contributed by atoms with E-state index < -0.39 is 38.6 Å². The number of rotatable bonds is 12. The number of aliphatic hydroxyl groups is 1. The maximum Gasteiger partial charge on any atom is 0.240 e. The number of benzene rings is 2. The molecule has 2 aromatic carbocycles. The number of nitrogens with two attached hydrogens (primary N) is 1. The number of anilines is 1. The van der Waals surface area contributed by atoms with Gasteiger partial charge in [0.15, 0.2) is 5.96 Å². The van der Waals surface area contributed by atoms with Crippen molar-refractivity contribution in [1.29, 1.82) is 5.41 Å². The lowest BCUT2D eigenvalue weighted by Gasteiger charge is -2.16. The maximum absolute atomic E-state index is 12.3. The van der Waals surface area contributed by atoms with Crippen molar-refractivity contribution >= 4 is 37.6 Å². The molecule has 0 spiro atoms. The van der Waals surface area contributed by atoms with Crippen LogP contribution in [0.1, 0.15) is 5.56 Å². The maximum atomic E-state index is 12.3. The lowest BCUT2D eigenvalue weighted by atomic mass is 10.2. The van der Waals surface area contributed by atoms with Crippen LogP contribution < -0.4 is 25.8 Å². The van der Waals surface area contributed by atoms with Gasteiger partial charge in [-0.2, -0.15) is 0 Å². The molecular formula is C19H26N6O6S2. The molecular weight excluding hydrogens is 472 g/mol. The first-order chi connectivity index (χ1) is 15.5. The Morgan fingerprint density at radius 2 is 1.64 bits per heavy atom. The fraction of sp³-hybridized carbons (Fsp3) is 0.263. The Hall–Kier alpha value is -3.04. The van der Waals surface area contributed by atoms with E-state index in [4.69, 9.17) is 11.1 Å². The highest BCUT2D eigenvalue weighted by molar-refractivity contribution is 7.89. The third kappa shape index (κ3) is 8.78. The van der Waals surface area contributed by atoms with Gasteiger partial charge in [0.25, 0.3) is 0 Å². The minimum Gasteiger partial charge on any atom is -0.394 e. The van der Waals surface area contributed by atoms with Crippen molar-refractivity contribution in [3.05, 3.63) is 60.2 Å². The van der Waals surface area contributed by atoms with Gasteiger partial charge in [-0.25, -0.2) is 26.3 Å². The van der Waals surface area contributed by atoms with Crippen molar-refractivity contribution in [2.75, 3.05) is 25.0 Å². The highest BCUT2D eigenvalue weighted by atomic mass is 32.2. The predicted octanol–water partition coefficient (Wildman–Crippen LogP) is -1.13. The van der Waals surface area contributed by atoms with E-state index in [9.17, 15) is 26.7 Å². The highest BCUT2D eigenvalue weighted by Crippen LogP contribution is 2.13. The molecule has 0 aliphatic rings. The Bertz CT molecular complexity index is 1160. The summed E-state index contributed by atoms with van der Waals surface area (Å²) in [6.07, 6.45) is 0. The Labute approximate surface area is 192 Å². The van der Waals surface area contributed by atoms with E-state index in [0.29, 0.717) is 11.3 Å². The number of hydrogen-bond acceptors (Lipinski definition) is 7. The lowest BCUT2D eigenvalue weighted by Crippen LogP contribution is -2.50. The van der Waals surface area contributed by atoms with E-state index in [-0.39, 0.29) is 29.7 Å². The topological polar surface area (TPSA) is 204 Å². The second kappa shape index (κ2) is 11.7. The number of carbonyl (C=O) groups is 1. The third-order valence-electron chi connectivity index (χ3n) is 4.18. The molecule has 2 aromatic rings. The molecule has 180 valence electrons. The van der Waals surface area contributed by atoms with E-state index in [1.807, 2.05) is 0 Å². The predicted molar refractivity (Wildman–Crippen MR) is 123 cm³/mol. The summed E-state index contributed by atoms with van der Waals surface area (Å²) in [5, 5.41) is 21.5. The van der Waals surface area contributed by atoms with Gasteiger partial charge in [-0.05, 0) is 29.8 Å². The van der Waals surface area contributed by atoms with Gasteiger partial charge >= 0.3 is 0 Å². The van der Waals surface area contributed by atoms with Gasteiger partial charge < -0.3 is 21.5 Å². The molecule has 1 unspecified atom stereocenters. The molecule has 14 heteroatoms. The molecule has 1 amide bonds. The van der Waals surface area contributed by atoms with Crippen LogP contribution in [0.2, 0.25) is 0 Å². The molecule has 0 bridgehead atoms. The van der Waals surface area contributed by atoms with Crippen molar-refractivity contribution in [2.24, 2.45) is 5.73 Å². The first kappa shape index (κ1) is 26.2. The molecule has 2 rings (SSSR count). The van der Waals surface area contributed by atoms with E-state index in [1.165, 1.54) is 24.3 Å². The summed E-state index contributed by atoms with van der Waals surface area (Å²) < 4.78 is 53.6. The summed E-state index contributed by atoms with van der Waals surface area (Å²) in [5.41, 5.74) is 6.17. The molecule has 33 heavy (non-hydrogen) atoms. The summed E-state index contributed by atoms with van der Waals surface area (Å²) in [6.45, 7) is -1.08. The van der Waals surface area contributed by atoms with Crippen LogP contribution in [0.25, 0.3) is 0 Å². The third-order valence-corrected chi connectivity index (χ3v) is 7.01. The molecule has 0 heterocycles. The monoisotopic (exact) mass is 498 g/mol. The van der Waals surface area contributed by atoms with Crippen LogP contribution in [-0.4, -0.2) is 59.5 Å². The number of hydrogen-bond donors (Lipinski definition) is 7. The van der Waals surface area contributed by atoms with Crippen LogP contribution in [0.5, 0.6) is 0 Å². The minimum atomic E-state index is -3.90. The van der Waals surface area contributed by atoms with Crippen molar-refractivity contribution in [3.8, 4) is 0 Å². The van der Waals surface area contributed by atoms with Crippen LogP contribution in [0, 0.1) is 5.41 Å². The Morgan fingerprint density at radius 1 is 1.00 bits per heavy atom. The smallest absolute Gasteiger partial charge is 0.240 e. The zero-order chi connectivity index (χ0) is 24.5. The normalized spacial score (nSPS) is 12.6. The number of guanidine groups is 1. The summed E-state index contributed by atoms with van der Waals surface area (Å²) >= 11 is 0. The second-order valence-corrected chi connectivity index (χ2v) is 10.4. The molecule has 0 saturated heterocycles. The standard InChI is InChI=1S/C19H26N6O6S2/c20-19(21)24-15-6-8-16(9-7-15)33(30,31)23-11-10-22-18(27)17(12-26)25-32(28,29)13-14-4-2-1-3-5-14/h1-9,17,23,25-26H,10-13H2,(H,22,27)(H4,20,21,24). The summed E-state index contributed by atoms with van der Waals surface area (Å²) in [7, 11) is -7.77. The van der Waals surface area contributed by atoms with Gasteiger partial charge in [0.05, 0.1) is 17.3 Å². The number of nitrogens with one attached hydrogen (secondary N) is 5. The Morgan fingerprint density at radius 3 is 2.21 bits per heavy atom. The molecule has 8 N–H and O–H groups in total. The van der Waals surface area contributed by atoms with Gasteiger partial charge in [0, 0.05) is 18.8 Å². The van der Waals surface area contributed by atoms with Gasteiger partial charge in [-0.1, -0.05) is 30.3 Å². The van der Waals surface area contributed by atoms with Crippen LogP contribution in [0.15, 0.2) is 59.5 Å². The molecule has 0 radical (unpaired) electrons. The Balaban J connectivity index is 1.84. The van der Waals surface area contributed by atoms with E-state index in [0.717, 1.165) is 0 Å². The van der Waals surface area contributed by atoms with E-state index in [1.54, 1.807) is 30.3 Å². The molecule has 0 aliphatic carbocycles. The number of amides is 1. The zero-order valence-corrected chi connectivity index (χ0v) is 19.1. The number of sulfonamides is 2. The van der Waals surface area contributed by atoms with E-state index in [2.05, 4.69) is 20.1 Å². The van der Waals surface area contributed by atoms with Gasteiger partial charge in [-0.3, -0.25) is 10.2 Å². The first-order valence-electron chi connectivity index (χ1n) is 9.66. The second-order valence-electron chi connectivity index (χ2n) is 6.85. The van der Waals surface area contributed by atoms with Crippen molar-refractivity contribution < 1.29 is 26.7 Å². The molecule has 1 atom stereocenters. The molecule has 0 aromatic heterocycles. The van der Waals surface area contributed by atoms with Crippen LogP contribution >= 0.6 is 0 Å². The van der Waals surface area contributed by atoms with Crippen molar-refractivity contribution in [3.63, 3.8) is 0 Å². The van der Waals surface area contributed by atoms with E-state index >= 15 is 0 Å². The summed E-state index contributed by atoms with van der Waals surface area (Å²) in [6, 6.07) is 12.4. The average molecular weight is 499 g/mol. The molecule has 0 fully saturated rings. The fourth-order valence-electron chi connectivity index (χ4n) is 2.68. The average Bonchev–Trinajstić information content (AvgIpc) is 2.75. The van der Waals surface area contributed by atoms with Crippen LogP contribution in [-0.2, 0) is 30.6 Å². The zero-order valence-electron chi connectivity index (χ0n) is 17.5.